The van der Waals surface area contributed by atoms with Gasteiger partial charge in [0.1, 0.15) is 10.7 Å². The summed E-state index contributed by atoms with van der Waals surface area (Å²) in [6.07, 6.45) is 0. The molecule has 0 unspecified atom stereocenters. The van der Waals surface area contributed by atoms with Gasteiger partial charge in [-0.15, -0.1) is 0 Å². The Hall–Kier alpha value is -1.51. The van der Waals surface area contributed by atoms with Gasteiger partial charge in [-0.05, 0) is 32.0 Å². The lowest BCUT2D eigenvalue weighted by Crippen LogP contribution is -2.34. The number of hydrogen-bond acceptors (Lipinski definition) is 4. The van der Waals surface area contributed by atoms with E-state index in [0.29, 0.717) is 26.3 Å². The Labute approximate surface area is 123 Å². The van der Waals surface area contributed by atoms with Crippen LogP contribution in [0.15, 0.2) is 23.1 Å². The number of primary sulfonamides is 1. The van der Waals surface area contributed by atoms with Crippen molar-refractivity contribution in [3.05, 3.63) is 29.6 Å². The molecule has 0 aliphatic heterocycles. The Kier molecular flexibility index (Phi) is 6.25. The van der Waals surface area contributed by atoms with Crippen molar-refractivity contribution in [1.82, 2.24) is 4.90 Å². The quantitative estimate of drug-likeness (QED) is 0.759. The van der Waals surface area contributed by atoms with Gasteiger partial charge in [0.15, 0.2) is 0 Å². The number of nitrogens with two attached hydrogens (primary N) is 1. The Morgan fingerprint density at radius 2 is 2.05 bits per heavy atom. The van der Waals surface area contributed by atoms with Crippen molar-refractivity contribution in [3.8, 4) is 0 Å². The molecule has 118 valence electrons. The Morgan fingerprint density at radius 3 is 2.57 bits per heavy atom. The predicted octanol–water partition coefficient (Wildman–Crippen LogP) is 0.972. The molecule has 1 amide bonds. The van der Waals surface area contributed by atoms with Gasteiger partial charge in [0, 0.05) is 25.3 Å². The van der Waals surface area contributed by atoms with E-state index < -0.39 is 26.6 Å². The number of sulfonamides is 1. The molecule has 0 bridgehead atoms. The van der Waals surface area contributed by atoms with Crippen LogP contribution < -0.4 is 5.14 Å². The van der Waals surface area contributed by atoms with Crippen LogP contribution >= 0.6 is 0 Å². The molecule has 1 aromatic carbocycles. The molecule has 0 spiro atoms. The first-order valence-electron chi connectivity index (χ1n) is 6.50. The summed E-state index contributed by atoms with van der Waals surface area (Å²) in [4.78, 5) is 13.1. The second-order valence-corrected chi connectivity index (χ2v) is 5.80. The third-order valence-electron chi connectivity index (χ3n) is 2.86. The summed E-state index contributed by atoms with van der Waals surface area (Å²) < 4.78 is 41.2. The lowest BCUT2D eigenvalue weighted by Gasteiger charge is -2.21. The molecule has 0 saturated carbocycles. The zero-order chi connectivity index (χ0) is 16.0. The van der Waals surface area contributed by atoms with Crippen LogP contribution in [0.25, 0.3) is 0 Å². The van der Waals surface area contributed by atoms with E-state index in [1.165, 1.54) is 11.0 Å². The van der Waals surface area contributed by atoms with Crippen molar-refractivity contribution in [1.29, 1.82) is 0 Å². The Morgan fingerprint density at radius 1 is 1.38 bits per heavy atom. The zero-order valence-electron chi connectivity index (χ0n) is 12.0. The van der Waals surface area contributed by atoms with Gasteiger partial charge in [-0.1, -0.05) is 0 Å². The topological polar surface area (TPSA) is 89.7 Å². The predicted molar refractivity (Wildman–Crippen MR) is 75.8 cm³/mol. The summed E-state index contributed by atoms with van der Waals surface area (Å²) in [6, 6.07) is 3.11. The molecule has 0 aliphatic carbocycles. The summed E-state index contributed by atoms with van der Waals surface area (Å²) >= 11 is 0. The third-order valence-corrected chi connectivity index (χ3v) is 3.79. The standard InChI is InChI=1S/C13H19FN2O4S/c1-3-16(7-8-20-4-2)13(17)10-5-6-11(14)12(9-10)21(15,18)19/h5-6,9H,3-4,7-8H2,1-2H3,(H2,15,18,19). The highest BCUT2D eigenvalue weighted by molar-refractivity contribution is 7.89. The minimum absolute atomic E-state index is 0.0683. The number of ether oxygens (including phenoxy) is 1. The normalized spacial score (nSPS) is 11.4. The van der Waals surface area contributed by atoms with E-state index in [9.17, 15) is 17.6 Å². The van der Waals surface area contributed by atoms with E-state index in [-0.39, 0.29) is 5.56 Å². The second kappa shape index (κ2) is 7.48. The number of halogens is 1. The third kappa shape index (κ3) is 4.76. The molecular weight excluding hydrogens is 299 g/mol. The largest absolute Gasteiger partial charge is 0.380 e. The fourth-order valence-corrected chi connectivity index (χ4v) is 2.39. The molecule has 0 aliphatic rings. The monoisotopic (exact) mass is 318 g/mol. The molecule has 0 radical (unpaired) electrons. The average molecular weight is 318 g/mol. The molecule has 6 nitrogen and oxygen atoms in total. The summed E-state index contributed by atoms with van der Waals surface area (Å²) in [6.45, 7) is 5.33. The van der Waals surface area contributed by atoms with Gasteiger partial charge in [-0.3, -0.25) is 4.79 Å². The number of benzene rings is 1. The number of hydrogen-bond donors (Lipinski definition) is 1. The van der Waals surface area contributed by atoms with Crippen molar-refractivity contribution >= 4 is 15.9 Å². The van der Waals surface area contributed by atoms with Crippen molar-refractivity contribution < 1.29 is 22.3 Å². The van der Waals surface area contributed by atoms with Crippen LogP contribution in [0.3, 0.4) is 0 Å². The minimum Gasteiger partial charge on any atom is -0.380 e. The molecule has 0 atom stereocenters. The van der Waals surface area contributed by atoms with Crippen LogP contribution in [-0.4, -0.2) is 45.5 Å². The smallest absolute Gasteiger partial charge is 0.253 e. The zero-order valence-corrected chi connectivity index (χ0v) is 12.8. The summed E-state index contributed by atoms with van der Waals surface area (Å²) in [5, 5.41) is 4.92. The summed E-state index contributed by atoms with van der Waals surface area (Å²) in [7, 11) is -4.21. The van der Waals surface area contributed by atoms with E-state index in [1.54, 1.807) is 6.92 Å². The molecule has 0 saturated heterocycles. The fourth-order valence-electron chi connectivity index (χ4n) is 1.76. The highest BCUT2D eigenvalue weighted by Crippen LogP contribution is 2.16. The van der Waals surface area contributed by atoms with Crippen LogP contribution in [0.4, 0.5) is 4.39 Å². The minimum atomic E-state index is -4.21. The Bertz CT molecular complexity index is 604. The van der Waals surface area contributed by atoms with E-state index in [4.69, 9.17) is 9.88 Å². The van der Waals surface area contributed by atoms with Crippen molar-refractivity contribution in [2.45, 2.75) is 18.7 Å². The second-order valence-electron chi connectivity index (χ2n) is 4.27. The maximum absolute atomic E-state index is 13.5. The van der Waals surface area contributed by atoms with Gasteiger partial charge in [0.05, 0.1) is 6.61 Å². The van der Waals surface area contributed by atoms with Crippen molar-refractivity contribution in [2.24, 2.45) is 5.14 Å². The molecule has 1 aromatic rings. The van der Waals surface area contributed by atoms with E-state index in [1.807, 2.05) is 6.92 Å². The van der Waals surface area contributed by atoms with E-state index in [2.05, 4.69) is 0 Å². The number of carbonyl (C=O) groups is 1. The number of carbonyl (C=O) groups excluding carboxylic acids is 1. The first kappa shape index (κ1) is 17.5. The molecule has 8 heteroatoms. The van der Waals surface area contributed by atoms with Gasteiger partial charge in [-0.25, -0.2) is 17.9 Å². The fraction of sp³-hybridized carbons (Fsp3) is 0.462. The van der Waals surface area contributed by atoms with E-state index in [0.717, 1.165) is 12.1 Å². The van der Waals surface area contributed by atoms with Gasteiger partial charge in [0.25, 0.3) is 5.91 Å². The lowest BCUT2D eigenvalue weighted by molar-refractivity contribution is 0.0669. The van der Waals surface area contributed by atoms with Gasteiger partial charge < -0.3 is 9.64 Å². The van der Waals surface area contributed by atoms with Crippen molar-refractivity contribution in [3.63, 3.8) is 0 Å². The molecule has 1 rings (SSSR count). The first-order valence-corrected chi connectivity index (χ1v) is 8.05. The van der Waals surface area contributed by atoms with Gasteiger partial charge >= 0.3 is 0 Å². The van der Waals surface area contributed by atoms with Crippen LogP contribution in [0.5, 0.6) is 0 Å². The number of amides is 1. The van der Waals surface area contributed by atoms with Crippen LogP contribution in [0.2, 0.25) is 0 Å². The summed E-state index contributed by atoms with van der Waals surface area (Å²) in [5.41, 5.74) is 0.0683. The molecule has 21 heavy (non-hydrogen) atoms. The summed E-state index contributed by atoms with van der Waals surface area (Å²) in [5.74, 6) is -1.38. The molecule has 2 N–H and O–H groups in total. The number of rotatable bonds is 7. The molecule has 0 aromatic heterocycles. The average Bonchev–Trinajstić information content (AvgIpc) is 2.42. The van der Waals surface area contributed by atoms with Crippen molar-refractivity contribution in [2.75, 3.05) is 26.3 Å². The highest BCUT2D eigenvalue weighted by Gasteiger charge is 2.20. The molecule has 0 heterocycles. The lowest BCUT2D eigenvalue weighted by atomic mass is 10.2. The van der Waals surface area contributed by atoms with E-state index >= 15 is 0 Å². The maximum atomic E-state index is 13.5. The molecule has 0 fully saturated rings. The molecular formula is C13H19FN2O4S. The van der Waals surface area contributed by atoms with Gasteiger partial charge in [-0.2, -0.15) is 0 Å². The maximum Gasteiger partial charge on any atom is 0.253 e. The van der Waals surface area contributed by atoms with Crippen LogP contribution in [0.1, 0.15) is 24.2 Å². The number of nitrogens with zero attached hydrogens (tertiary/aromatic N) is 1. The number of likely N-dealkylation sites (N-methyl/N-ethyl adjacent to an activating group) is 1. The SMILES string of the molecule is CCOCCN(CC)C(=O)c1ccc(F)c(S(N)(=O)=O)c1. The van der Waals surface area contributed by atoms with Crippen LogP contribution in [0, 0.1) is 5.82 Å². The highest BCUT2D eigenvalue weighted by atomic mass is 32.2. The Balaban J connectivity index is 3.01. The first-order chi connectivity index (χ1) is 9.81. The van der Waals surface area contributed by atoms with Gasteiger partial charge in [0.2, 0.25) is 10.0 Å². The van der Waals surface area contributed by atoms with Crippen LogP contribution in [-0.2, 0) is 14.8 Å².